The van der Waals surface area contributed by atoms with E-state index >= 15 is 0 Å². The minimum Gasteiger partial charge on any atom is -0.283 e. The van der Waals surface area contributed by atoms with Crippen molar-refractivity contribution in [3.8, 4) is 0 Å². The van der Waals surface area contributed by atoms with Crippen LogP contribution in [0.5, 0.6) is 0 Å². The van der Waals surface area contributed by atoms with Gasteiger partial charge in [0.1, 0.15) is 16.7 Å². The largest absolute Gasteiger partial charge is 0.284 e. The number of aryl methyl sites for hydroxylation is 1. The highest BCUT2D eigenvalue weighted by molar-refractivity contribution is 6.05. The molecule has 1 fully saturated rings. The summed E-state index contributed by atoms with van der Waals surface area (Å²) in [6, 6.07) is 4.22. The molecule has 9 heteroatoms. The first-order chi connectivity index (χ1) is 13.2. The van der Waals surface area contributed by atoms with Crippen LogP contribution in [0.3, 0.4) is 0 Å². The molecule has 1 atom stereocenters. The van der Waals surface area contributed by atoms with E-state index in [1.54, 1.807) is 41.5 Å². The summed E-state index contributed by atoms with van der Waals surface area (Å²) >= 11 is 0. The third-order valence-electron chi connectivity index (χ3n) is 7.03. The second-order valence-electron chi connectivity index (χ2n) is 8.72. The average molecular weight is 400 g/mol. The molecular formula is C20H24N4O5. The summed E-state index contributed by atoms with van der Waals surface area (Å²) in [4.78, 5) is 56.1. The lowest BCUT2D eigenvalue weighted by atomic mass is 9.54. The fraction of sp³-hybridized carbons (Fsp3) is 0.500. The van der Waals surface area contributed by atoms with Crippen LogP contribution in [0.25, 0.3) is 10.9 Å². The predicted octanol–water partition coefficient (Wildman–Crippen LogP) is 2.38. The smallest absolute Gasteiger partial charge is 0.283 e. The molecule has 154 valence electrons. The van der Waals surface area contributed by atoms with Crippen LogP contribution in [0.4, 0.5) is 5.69 Å². The minimum absolute atomic E-state index is 0.162. The van der Waals surface area contributed by atoms with Crippen molar-refractivity contribution in [3.05, 3.63) is 44.5 Å². The van der Waals surface area contributed by atoms with Crippen LogP contribution < -0.4 is 5.56 Å². The fourth-order valence-electron chi connectivity index (χ4n) is 4.36. The van der Waals surface area contributed by atoms with Crippen LogP contribution in [0.1, 0.15) is 40.4 Å². The summed E-state index contributed by atoms with van der Waals surface area (Å²) in [7, 11) is 1.39. The number of likely N-dealkylation sites (tertiary alicyclic amines) is 1. The Morgan fingerprint density at radius 3 is 2.17 bits per heavy atom. The van der Waals surface area contributed by atoms with Crippen LogP contribution >= 0.6 is 0 Å². The SMILES string of the molecule is Cc1nc2cccc([N+](=O)[O-])c2c(=O)n1C1(C)C(=O)N(C)C(=O)C(C)(C)C1(C)C. The van der Waals surface area contributed by atoms with Gasteiger partial charge in [-0.25, -0.2) is 4.98 Å². The Morgan fingerprint density at radius 1 is 1.03 bits per heavy atom. The van der Waals surface area contributed by atoms with Crippen molar-refractivity contribution in [3.63, 3.8) is 0 Å². The van der Waals surface area contributed by atoms with E-state index in [0.29, 0.717) is 0 Å². The highest BCUT2D eigenvalue weighted by Crippen LogP contribution is 2.55. The monoisotopic (exact) mass is 400 g/mol. The number of piperidine rings is 1. The van der Waals surface area contributed by atoms with Crippen LogP contribution in [0.2, 0.25) is 0 Å². The second kappa shape index (κ2) is 5.95. The first-order valence-corrected chi connectivity index (χ1v) is 9.21. The summed E-state index contributed by atoms with van der Waals surface area (Å²) in [6.07, 6.45) is 0. The maximum absolute atomic E-state index is 13.6. The summed E-state index contributed by atoms with van der Waals surface area (Å²) < 4.78 is 1.22. The number of carbonyl (C=O) groups excluding carboxylic acids is 2. The van der Waals surface area contributed by atoms with Gasteiger partial charge in [-0.3, -0.25) is 34.0 Å². The predicted molar refractivity (Wildman–Crippen MR) is 106 cm³/mol. The first-order valence-electron chi connectivity index (χ1n) is 9.21. The van der Waals surface area contributed by atoms with Crippen molar-refractivity contribution in [1.29, 1.82) is 0 Å². The molecule has 29 heavy (non-hydrogen) atoms. The summed E-state index contributed by atoms with van der Waals surface area (Å²) in [5, 5.41) is 11.4. The molecule has 9 nitrogen and oxygen atoms in total. The second-order valence-corrected chi connectivity index (χ2v) is 8.72. The molecule has 2 amide bonds. The van der Waals surface area contributed by atoms with Crippen LogP contribution in [0, 0.1) is 27.9 Å². The number of benzene rings is 1. The zero-order valence-corrected chi connectivity index (χ0v) is 17.6. The van der Waals surface area contributed by atoms with Gasteiger partial charge in [0.25, 0.3) is 17.2 Å². The molecule has 0 radical (unpaired) electrons. The summed E-state index contributed by atoms with van der Waals surface area (Å²) in [5.74, 6) is -0.669. The highest BCUT2D eigenvalue weighted by Gasteiger charge is 2.65. The number of hydrogen-bond donors (Lipinski definition) is 0. The van der Waals surface area contributed by atoms with Gasteiger partial charge in [-0.2, -0.15) is 0 Å². The number of imide groups is 1. The summed E-state index contributed by atoms with van der Waals surface area (Å²) in [6.45, 7) is 10.1. The number of nitrogens with zero attached hydrogens (tertiary/aromatic N) is 4. The lowest BCUT2D eigenvalue weighted by molar-refractivity contribution is -0.383. The van der Waals surface area contributed by atoms with Gasteiger partial charge in [-0.15, -0.1) is 0 Å². The maximum Gasteiger partial charge on any atom is 0.284 e. The molecule has 0 saturated carbocycles. The number of likely N-dealkylation sites (N-methyl/N-ethyl adjacent to an activating group) is 1. The molecule has 1 aromatic carbocycles. The van der Waals surface area contributed by atoms with E-state index in [2.05, 4.69) is 4.98 Å². The number of nitro groups is 1. The van der Waals surface area contributed by atoms with Gasteiger partial charge in [0.05, 0.1) is 15.9 Å². The Balaban J connectivity index is 2.51. The van der Waals surface area contributed by atoms with Gasteiger partial charge < -0.3 is 0 Å². The molecule has 0 spiro atoms. The van der Waals surface area contributed by atoms with E-state index in [9.17, 15) is 24.5 Å². The van der Waals surface area contributed by atoms with E-state index < -0.39 is 32.8 Å². The Hall–Kier alpha value is -3.10. The van der Waals surface area contributed by atoms with E-state index in [1.807, 2.05) is 0 Å². The van der Waals surface area contributed by atoms with Gasteiger partial charge in [0.2, 0.25) is 5.91 Å². The van der Waals surface area contributed by atoms with E-state index in [0.717, 1.165) is 4.90 Å². The Morgan fingerprint density at radius 2 is 1.62 bits per heavy atom. The molecule has 0 bridgehead atoms. The third-order valence-corrected chi connectivity index (χ3v) is 7.03. The standard InChI is InChI=1S/C20H24N4O5/c1-11-21-12-9-8-10-13(24(28)29)14(12)15(25)23(11)20(6)17(27)22(7)16(26)18(2,3)19(20,4)5/h8-10H,1-7H3. The quantitative estimate of drug-likeness (QED) is 0.434. The van der Waals surface area contributed by atoms with Crippen molar-refractivity contribution in [2.75, 3.05) is 7.05 Å². The molecule has 3 rings (SSSR count). The molecule has 1 aliphatic heterocycles. The number of nitro benzene ring substituents is 1. The van der Waals surface area contributed by atoms with E-state index in [-0.39, 0.29) is 28.3 Å². The van der Waals surface area contributed by atoms with E-state index in [4.69, 9.17) is 0 Å². The number of fused-ring (bicyclic) bond motifs is 1. The Bertz CT molecular complexity index is 1150. The highest BCUT2D eigenvalue weighted by atomic mass is 16.6. The number of non-ortho nitro benzene ring substituents is 1. The van der Waals surface area contributed by atoms with Crippen LogP contribution in [-0.4, -0.2) is 38.2 Å². The van der Waals surface area contributed by atoms with Gasteiger partial charge >= 0.3 is 0 Å². The number of aromatic nitrogens is 2. The normalized spacial score (nSPS) is 23.5. The maximum atomic E-state index is 13.6. The molecule has 0 N–H and O–H groups in total. The first kappa shape index (κ1) is 20.6. The molecule has 1 aliphatic rings. The zero-order valence-electron chi connectivity index (χ0n) is 17.6. The molecule has 1 unspecified atom stereocenters. The summed E-state index contributed by atoms with van der Waals surface area (Å²) in [5.41, 5.74) is -4.36. The number of amides is 2. The van der Waals surface area contributed by atoms with Gasteiger partial charge in [-0.05, 0) is 19.9 Å². The van der Waals surface area contributed by atoms with Crippen molar-refractivity contribution in [2.24, 2.45) is 10.8 Å². The Kier molecular flexibility index (Phi) is 4.23. The van der Waals surface area contributed by atoms with Gasteiger partial charge in [0.15, 0.2) is 0 Å². The Labute approximate surface area is 167 Å². The third kappa shape index (κ3) is 2.33. The topological polar surface area (TPSA) is 115 Å². The van der Waals surface area contributed by atoms with Crippen molar-refractivity contribution in [1.82, 2.24) is 14.5 Å². The number of hydrogen-bond acceptors (Lipinski definition) is 6. The van der Waals surface area contributed by atoms with Gasteiger partial charge in [-0.1, -0.05) is 33.8 Å². The number of carbonyl (C=O) groups is 2. The van der Waals surface area contributed by atoms with Crippen LogP contribution in [0.15, 0.2) is 23.0 Å². The molecular weight excluding hydrogens is 376 g/mol. The van der Waals surface area contributed by atoms with Gasteiger partial charge in [0, 0.05) is 18.5 Å². The molecule has 0 aliphatic carbocycles. The average Bonchev–Trinajstić information content (AvgIpc) is 2.63. The minimum atomic E-state index is -1.49. The lowest BCUT2D eigenvalue weighted by Crippen LogP contribution is -2.71. The zero-order chi connectivity index (χ0) is 22.1. The van der Waals surface area contributed by atoms with E-state index in [1.165, 1.54) is 29.8 Å². The van der Waals surface area contributed by atoms with Crippen molar-refractivity contribution >= 4 is 28.4 Å². The number of rotatable bonds is 2. The molecule has 1 saturated heterocycles. The fourth-order valence-corrected chi connectivity index (χ4v) is 4.36. The van der Waals surface area contributed by atoms with Crippen molar-refractivity contribution in [2.45, 2.75) is 47.1 Å². The van der Waals surface area contributed by atoms with Crippen molar-refractivity contribution < 1.29 is 14.5 Å². The van der Waals surface area contributed by atoms with Crippen LogP contribution in [-0.2, 0) is 15.1 Å². The lowest BCUT2D eigenvalue weighted by Gasteiger charge is -2.57. The molecule has 2 aromatic rings. The molecule has 1 aromatic heterocycles. The molecule has 2 heterocycles.